The van der Waals surface area contributed by atoms with E-state index in [2.05, 4.69) is 341 Å². The molecule has 3 fully saturated rings. The zero-order chi connectivity index (χ0) is 91.2. The third kappa shape index (κ3) is 27.9. The number of hydrogen-bond donors (Lipinski definition) is 4. The highest BCUT2D eigenvalue weighted by atomic mass is 32.2. The van der Waals surface area contributed by atoms with E-state index in [0.717, 1.165) is 56.5 Å². The van der Waals surface area contributed by atoms with Crippen LogP contribution in [0.2, 0.25) is 0 Å². The molecule has 1 saturated heterocycles. The standard InChI is InChI=1S/C28H47NO2S.C23H42N2O.C18H31NO2.C17H29NO2.C17H33NO.4CH4/c1-16(2)22-23(17(3)4)28(32-15-21(29)26(30)31,20-13-11-19(7)12-14-20)24(18(5)6)25(22)27(8,9)10;1-16(2)19-20(23(7,8)9)22(18(5)6)25(21(19)17(3)4)11-10-24-12-14-26-15-13-24;1-11(2)15-16(12(3)4)18(14(7)8)19(9-21-10-20)17(15)13(5)6;1-9(2)13-14(10(3)4)16(12(7)8)18(17(19)20)15(13)11(5)6;1-9(2)13-14(10(3)4)16(12(7)8)17(18-19)15(13)11(5)6;;;;/h11-14,16-18,21-25H,15,29H2,1-10H3,(H,30,31);16-18H,10-15H2,1-9H3;10-14H,9H2,1-8H3;9-12H,1-8H3,(H,19,20);9-16,19H,1-8H3;4*1H4. The van der Waals surface area contributed by atoms with E-state index in [0.29, 0.717) is 161 Å². The maximum atomic E-state index is 11.8. The largest absolute Gasteiger partial charge is 0.480 e. The highest BCUT2D eigenvalue weighted by Gasteiger charge is 2.65. The van der Waals surface area contributed by atoms with Crippen LogP contribution in [-0.2, 0) is 42.5 Å². The van der Waals surface area contributed by atoms with Crippen molar-refractivity contribution < 1.29 is 39.3 Å². The average molecular weight is 1730 g/mol. The lowest BCUT2D eigenvalue weighted by atomic mass is 9.64. The molecule has 3 aliphatic rings. The van der Waals surface area contributed by atoms with E-state index in [9.17, 15) is 29.8 Å². The number of benzene rings is 1. The Balaban J connectivity index is 0. The van der Waals surface area contributed by atoms with Gasteiger partial charge in [0.15, 0.2) is 6.73 Å². The van der Waals surface area contributed by atoms with Crippen molar-refractivity contribution >= 4 is 36.0 Å². The first-order chi connectivity index (χ1) is 54.3. The number of aromatic nitrogens is 3. The molecule has 2 saturated carbocycles. The van der Waals surface area contributed by atoms with E-state index in [1.807, 2.05) is 11.8 Å². The highest BCUT2D eigenvalue weighted by Crippen LogP contribution is 2.70. The number of carboxylic acids is 1. The molecule has 5 N–H and O–H groups in total. The van der Waals surface area contributed by atoms with Crippen LogP contribution in [0.25, 0.3) is 0 Å². The van der Waals surface area contributed by atoms with Gasteiger partial charge in [-0.1, -0.05) is 355 Å². The van der Waals surface area contributed by atoms with Crippen LogP contribution in [0.3, 0.4) is 0 Å². The van der Waals surface area contributed by atoms with Crippen molar-refractivity contribution in [1.29, 1.82) is 0 Å². The summed E-state index contributed by atoms with van der Waals surface area (Å²) in [5.41, 5.74) is 26.4. The lowest BCUT2D eigenvalue weighted by Crippen LogP contribution is -2.43. The van der Waals surface area contributed by atoms with Gasteiger partial charge in [-0.3, -0.25) is 19.1 Å². The summed E-state index contributed by atoms with van der Waals surface area (Å²) in [5, 5.41) is 32.7. The summed E-state index contributed by atoms with van der Waals surface area (Å²) in [6.45, 7) is 105. The SMILES string of the molecule is C.C.C.C.CC(C)C1C(=NO)C(C(C)C)C(C(C)C)C1C(C)C.CC(C)c1c(C(C)(C)C)c(C(C)C)n(CCN2CCOCC2)c1C(C)C.CC(C)c1c(C(C)C)c(C(C)C)n(C(=O)O)c1C(C)C.CC(C)c1c(C(C)C)c(C(C)C)n(COC=O)c1C(C)C.Cc1ccc(C2(SCC(N)C(=O)O)C(C(C)C)C(C(C)C)C(C(C)(C)C)C2C(C)C)cc1. The first-order valence-corrected chi connectivity index (χ1v) is 47.6. The van der Waals surface area contributed by atoms with Gasteiger partial charge >= 0.3 is 12.1 Å². The van der Waals surface area contributed by atoms with Crippen LogP contribution in [-0.4, -0.2) is 103 Å². The van der Waals surface area contributed by atoms with Gasteiger partial charge in [-0.15, -0.1) is 11.8 Å². The zero-order valence-corrected chi connectivity index (χ0v) is 84.6. The zero-order valence-electron chi connectivity index (χ0n) is 83.7. The maximum Gasteiger partial charge on any atom is 0.415 e. The monoisotopic (exact) mass is 1730 g/mol. The number of ether oxygens (including phenoxy) is 2. The van der Waals surface area contributed by atoms with Crippen molar-refractivity contribution in [2.75, 3.05) is 38.6 Å². The molecule has 710 valence electrons. The van der Waals surface area contributed by atoms with Gasteiger partial charge in [-0.2, -0.15) is 0 Å². The molecule has 2 aliphatic carbocycles. The van der Waals surface area contributed by atoms with Crippen LogP contribution in [0.15, 0.2) is 29.4 Å². The number of carbonyl (C=O) groups is 3. The fraction of sp³-hybridized carbons (Fsp3) is 0.794. The summed E-state index contributed by atoms with van der Waals surface area (Å²) in [6.07, 6.45) is -0.855. The fourth-order valence-corrected chi connectivity index (χ4v) is 24.6. The number of morpholine rings is 1. The summed E-state index contributed by atoms with van der Waals surface area (Å²) in [4.78, 5) is 36.7. The predicted molar refractivity (Wildman–Crippen MR) is 533 cm³/mol. The highest BCUT2D eigenvalue weighted by molar-refractivity contribution is 8.00. The van der Waals surface area contributed by atoms with Crippen LogP contribution in [0, 0.1) is 101 Å². The van der Waals surface area contributed by atoms with E-state index in [4.69, 9.17) is 15.2 Å². The number of oxime groups is 1. The summed E-state index contributed by atoms with van der Waals surface area (Å²) in [6, 6.07) is 8.20. The van der Waals surface area contributed by atoms with Gasteiger partial charge < -0.3 is 39.8 Å². The van der Waals surface area contributed by atoms with Gasteiger partial charge in [0.2, 0.25) is 0 Å². The van der Waals surface area contributed by atoms with Gasteiger partial charge in [0.05, 0.1) is 18.9 Å². The third-order valence-electron chi connectivity index (χ3n) is 26.0. The number of aryl methyl sites for hydroxylation is 1. The number of aliphatic carboxylic acids is 1. The Morgan fingerprint density at radius 1 is 0.492 bits per heavy atom. The Bertz CT molecular complexity index is 3650. The molecule has 15 heteroatoms. The molecule has 0 bridgehead atoms. The summed E-state index contributed by atoms with van der Waals surface area (Å²) in [5.74, 6) is 11.9. The van der Waals surface area contributed by atoms with Gasteiger partial charge in [-0.25, -0.2) is 4.79 Å². The van der Waals surface area contributed by atoms with E-state index < -0.39 is 18.1 Å². The second-order valence-corrected chi connectivity index (χ2v) is 44.9. The number of rotatable bonds is 29. The van der Waals surface area contributed by atoms with Gasteiger partial charge in [0.1, 0.15) is 6.04 Å². The second kappa shape index (κ2) is 50.8. The normalized spacial score (nSPS) is 20.5. The van der Waals surface area contributed by atoms with Crippen molar-refractivity contribution in [3.63, 3.8) is 0 Å². The molecule has 1 aromatic carbocycles. The Kier molecular flexibility index (Phi) is 49.6. The molecule has 4 heterocycles. The quantitative estimate of drug-likeness (QED) is 0.0230. The number of nitrogens with two attached hydrogens (primary N) is 1. The lowest BCUT2D eigenvalue weighted by Gasteiger charge is -2.46. The third-order valence-corrected chi connectivity index (χ3v) is 27.8. The minimum atomic E-state index is -0.912. The number of thioether (sulfide) groups is 1. The molecule has 7 rings (SSSR count). The average Bonchev–Trinajstić information content (AvgIpc) is 1.54. The smallest absolute Gasteiger partial charge is 0.415 e. The van der Waals surface area contributed by atoms with E-state index >= 15 is 0 Å². The topological polar surface area (TPSA) is 187 Å². The number of hydrogen-bond acceptors (Lipinski definition) is 10. The number of nitrogens with zero attached hydrogens (tertiary/aromatic N) is 5. The Labute approximate surface area is 758 Å². The molecule has 122 heavy (non-hydrogen) atoms. The second-order valence-electron chi connectivity index (χ2n) is 43.6. The van der Waals surface area contributed by atoms with Crippen molar-refractivity contribution in [1.82, 2.24) is 18.6 Å². The Hall–Kier alpha value is -4.83. The number of carbonyl (C=O) groups excluding carboxylic acids is 1. The molecule has 14 nitrogen and oxygen atoms in total. The van der Waals surface area contributed by atoms with Crippen LogP contribution >= 0.6 is 11.8 Å². The molecule has 10 atom stereocenters. The molecule has 1 aliphatic heterocycles. The summed E-state index contributed by atoms with van der Waals surface area (Å²) < 4.78 is 16.9. The van der Waals surface area contributed by atoms with Gasteiger partial charge in [-0.05, 0) is 199 Å². The van der Waals surface area contributed by atoms with E-state index in [1.54, 1.807) is 27.1 Å². The molecular formula is C107H198N6O8S. The number of carboxylic acid groups (broad SMARTS) is 2. The molecule has 0 spiro atoms. The first-order valence-electron chi connectivity index (χ1n) is 46.6. The fourth-order valence-electron chi connectivity index (χ4n) is 22.5. The van der Waals surface area contributed by atoms with Crippen molar-refractivity contribution in [3.05, 3.63) is 103 Å². The van der Waals surface area contributed by atoms with Crippen molar-refractivity contribution in [2.24, 2.45) is 105 Å². The molecule has 0 amide bonds. The molecule has 0 radical (unpaired) electrons. The van der Waals surface area contributed by atoms with Crippen LogP contribution in [0.1, 0.15) is 464 Å². The molecular weight excluding hydrogens is 1530 g/mol. The summed E-state index contributed by atoms with van der Waals surface area (Å²) >= 11 is 1.83. The van der Waals surface area contributed by atoms with Gasteiger partial charge in [0, 0.05) is 82.7 Å². The van der Waals surface area contributed by atoms with Crippen LogP contribution in [0.5, 0.6) is 0 Å². The Morgan fingerprint density at radius 3 is 1.12 bits per heavy atom. The first kappa shape index (κ1) is 119. The van der Waals surface area contributed by atoms with Crippen LogP contribution < -0.4 is 5.73 Å². The minimum Gasteiger partial charge on any atom is -0.480 e. The molecule has 4 aromatic rings. The van der Waals surface area contributed by atoms with E-state index in [1.165, 1.54) is 44.8 Å². The van der Waals surface area contributed by atoms with Crippen molar-refractivity contribution in [2.45, 2.75) is 422 Å². The Morgan fingerprint density at radius 2 is 0.844 bits per heavy atom. The minimum absolute atomic E-state index is 0. The predicted octanol–water partition coefficient (Wildman–Crippen LogP) is 30.4. The molecule has 10 unspecified atom stereocenters. The lowest BCUT2D eigenvalue weighted by molar-refractivity contribution is -0.138. The summed E-state index contributed by atoms with van der Waals surface area (Å²) in [7, 11) is 0. The van der Waals surface area contributed by atoms with Crippen molar-refractivity contribution in [3.8, 4) is 0 Å². The van der Waals surface area contributed by atoms with Gasteiger partial charge in [0.25, 0.3) is 6.47 Å². The molecule has 3 aromatic heterocycles. The van der Waals surface area contributed by atoms with E-state index in [-0.39, 0.29) is 57.1 Å². The maximum absolute atomic E-state index is 11.8. The van der Waals surface area contributed by atoms with Crippen LogP contribution in [0.4, 0.5) is 4.79 Å².